The standard InChI is InChI=1S/CH14O5Si5/c2-1-8-4-10-6-11-5-9-3-7/h2H,1,8-11H2,7H3. The fourth-order valence-corrected chi connectivity index (χ4v) is 7.16. The number of aliphatic hydroxyl groups is 1. The minimum absolute atomic E-state index is 0.206. The van der Waals surface area contributed by atoms with Gasteiger partial charge in [0.1, 0.15) is 10.5 Å². The minimum Gasteiger partial charge on any atom is -0.449 e. The molecule has 0 bridgehead atoms. The molecule has 0 aliphatic heterocycles. The summed E-state index contributed by atoms with van der Waals surface area (Å²) in [6, 6.07) is 0. The van der Waals surface area contributed by atoms with Gasteiger partial charge in [-0.15, -0.1) is 0 Å². The maximum Gasteiger partial charge on any atom is 0.286 e. The summed E-state index contributed by atoms with van der Waals surface area (Å²) in [5.74, 6) is 0. The molecule has 0 radical (unpaired) electrons. The van der Waals surface area contributed by atoms with Gasteiger partial charge in [-0.25, -0.2) is 0 Å². The van der Waals surface area contributed by atoms with Gasteiger partial charge in [0.15, 0.2) is 9.76 Å². The van der Waals surface area contributed by atoms with E-state index < -0.39 is 39.8 Å². The van der Waals surface area contributed by atoms with Crippen molar-refractivity contribution in [2.45, 2.75) is 0 Å². The normalized spacial score (nSPS) is 15.0. The number of hydrogen-bond acceptors (Lipinski definition) is 5. The average molecular weight is 247 g/mol. The number of rotatable bonds is 8. The maximum absolute atomic E-state index is 8.38. The fraction of sp³-hybridized carbons (Fsp3) is 1.00. The lowest BCUT2D eigenvalue weighted by molar-refractivity contribution is 0.343. The lowest BCUT2D eigenvalue weighted by Gasteiger charge is -2.04. The highest BCUT2D eigenvalue weighted by molar-refractivity contribution is 6.46. The summed E-state index contributed by atoms with van der Waals surface area (Å²) in [5, 5.41) is 8.38. The van der Waals surface area contributed by atoms with E-state index in [-0.39, 0.29) is 6.23 Å². The van der Waals surface area contributed by atoms with Gasteiger partial charge < -0.3 is 21.6 Å². The molecule has 0 atom stereocenters. The smallest absolute Gasteiger partial charge is 0.286 e. The van der Waals surface area contributed by atoms with Gasteiger partial charge in [-0.2, -0.15) is 0 Å². The van der Waals surface area contributed by atoms with E-state index in [4.69, 9.17) is 21.6 Å². The van der Waals surface area contributed by atoms with Gasteiger partial charge in [0.05, 0.1) is 6.23 Å². The molecule has 0 aliphatic carbocycles. The molecule has 0 unspecified atom stereocenters. The summed E-state index contributed by atoms with van der Waals surface area (Å²) in [7, 11) is -2.20. The van der Waals surface area contributed by atoms with Crippen molar-refractivity contribution in [2.75, 3.05) is 6.23 Å². The second-order valence-electron chi connectivity index (χ2n) is 1.68. The molecule has 5 nitrogen and oxygen atoms in total. The molecule has 0 amide bonds. The molecule has 0 aromatic carbocycles. The Morgan fingerprint density at radius 1 is 1.09 bits per heavy atom. The third-order valence-corrected chi connectivity index (χ3v) is 6.38. The van der Waals surface area contributed by atoms with Crippen molar-refractivity contribution in [1.82, 2.24) is 0 Å². The molecule has 1 N–H and O–H groups in total. The van der Waals surface area contributed by atoms with Gasteiger partial charge in [0.2, 0.25) is 0 Å². The van der Waals surface area contributed by atoms with Gasteiger partial charge in [0.25, 0.3) is 30.0 Å². The molecular weight excluding hydrogens is 232 g/mol. The van der Waals surface area contributed by atoms with Gasteiger partial charge in [-0.05, 0) is 0 Å². The summed E-state index contributed by atoms with van der Waals surface area (Å²) >= 11 is 0. The third kappa shape index (κ3) is 10.9. The molecule has 0 aromatic rings. The molecule has 0 fully saturated rings. The lowest BCUT2D eigenvalue weighted by atomic mass is 11.7. The van der Waals surface area contributed by atoms with Gasteiger partial charge in [-0.1, -0.05) is 0 Å². The summed E-state index contributed by atoms with van der Waals surface area (Å²) in [4.78, 5) is 0. The van der Waals surface area contributed by atoms with Crippen LogP contribution in [0.3, 0.4) is 0 Å². The van der Waals surface area contributed by atoms with Gasteiger partial charge in [-0.3, -0.25) is 0 Å². The van der Waals surface area contributed by atoms with Crippen LogP contribution >= 0.6 is 0 Å². The van der Waals surface area contributed by atoms with Crippen LogP contribution in [0.4, 0.5) is 0 Å². The average Bonchev–Trinajstić information content (AvgIpc) is 2.03. The zero-order chi connectivity index (χ0) is 8.36. The second-order valence-corrected chi connectivity index (χ2v) is 10.5. The minimum atomic E-state index is -0.811. The van der Waals surface area contributed by atoms with Crippen molar-refractivity contribution in [2.24, 2.45) is 0 Å². The van der Waals surface area contributed by atoms with E-state index in [0.717, 1.165) is 10.5 Å². The van der Waals surface area contributed by atoms with Crippen molar-refractivity contribution in [3.63, 3.8) is 0 Å². The van der Waals surface area contributed by atoms with E-state index in [0.29, 0.717) is 0 Å². The Labute approximate surface area is 78.4 Å². The van der Waals surface area contributed by atoms with E-state index in [9.17, 15) is 0 Å². The topological polar surface area (TPSA) is 57.2 Å². The van der Waals surface area contributed by atoms with Crippen molar-refractivity contribution in [3.05, 3.63) is 0 Å². The first-order valence-electron chi connectivity index (χ1n) is 3.25. The van der Waals surface area contributed by atoms with Crippen molar-refractivity contribution in [1.29, 1.82) is 0 Å². The largest absolute Gasteiger partial charge is 0.449 e. The molecule has 0 saturated carbocycles. The van der Waals surface area contributed by atoms with Crippen LogP contribution in [0.25, 0.3) is 0 Å². The van der Waals surface area contributed by atoms with Crippen molar-refractivity contribution >= 4 is 50.3 Å². The van der Waals surface area contributed by atoms with Crippen molar-refractivity contribution < 1.29 is 21.6 Å². The molecule has 10 heteroatoms. The third-order valence-electron chi connectivity index (χ3n) is 0.770. The Morgan fingerprint density at radius 2 is 1.73 bits per heavy atom. The van der Waals surface area contributed by atoms with E-state index in [1.807, 2.05) is 0 Å². The molecule has 0 aliphatic rings. The summed E-state index contributed by atoms with van der Waals surface area (Å²) in [6.45, 7) is 0. The Bertz CT molecular complexity index is 63.9. The monoisotopic (exact) mass is 246 g/mol. The zero-order valence-electron chi connectivity index (χ0n) is 6.62. The van der Waals surface area contributed by atoms with Crippen LogP contribution in [-0.2, 0) is 16.5 Å². The molecule has 0 rings (SSSR count). The van der Waals surface area contributed by atoms with Gasteiger partial charge >= 0.3 is 0 Å². The lowest BCUT2D eigenvalue weighted by Crippen LogP contribution is -2.17. The van der Waals surface area contributed by atoms with E-state index in [1.54, 1.807) is 0 Å². The summed E-state index contributed by atoms with van der Waals surface area (Å²) < 4.78 is 20.3. The zero-order valence-corrected chi connectivity index (χ0v) is 14.3. The first-order chi connectivity index (χ1) is 5.41. The molecular formula is CH14O5Si5. The Hall–Kier alpha value is 0.884. The van der Waals surface area contributed by atoms with Crippen LogP contribution in [0.15, 0.2) is 0 Å². The molecule has 0 saturated heterocycles. The predicted molar refractivity (Wildman–Crippen MR) is 55.5 cm³/mol. The number of hydrogen-bond donors (Lipinski definition) is 1. The highest BCUT2D eigenvalue weighted by Gasteiger charge is 1.90. The Morgan fingerprint density at radius 3 is 2.36 bits per heavy atom. The summed E-state index contributed by atoms with van der Waals surface area (Å²) in [5.41, 5.74) is 0. The predicted octanol–water partition coefficient (Wildman–Crippen LogP) is -5.64. The second kappa shape index (κ2) is 10.9. The highest BCUT2D eigenvalue weighted by atomic mass is 28.4. The molecule has 0 aromatic heterocycles. The maximum atomic E-state index is 8.38. The Kier molecular flexibility index (Phi) is 11.8. The number of aliphatic hydroxyl groups excluding tert-OH is 1. The molecule has 68 valence electrons. The quantitative estimate of drug-likeness (QED) is 0.342. The van der Waals surface area contributed by atoms with Crippen molar-refractivity contribution in [3.8, 4) is 0 Å². The van der Waals surface area contributed by atoms with E-state index >= 15 is 0 Å². The first-order valence-corrected chi connectivity index (χ1v) is 9.10. The fourth-order valence-electron chi connectivity index (χ4n) is 0.393. The van der Waals surface area contributed by atoms with E-state index in [1.165, 1.54) is 0 Å². The van der Waals surface area contributed by atoms with E-state index in [2.05, 4.69) is 0 Å². The van der Waals surface area contributed by atoms with Crippen LogP contribution in [-0.4, -0.2) is 61.6 Å². The molecule has 11 heavy (non-hydrogen) atoms. The van der Waals surface area contributed by atoms with Crippen LogP contribution < -0.4 is 0 Å². The van der Waals surface area contributed by atoms with Gasteiger partial charge in [0, 0.05) is 0 Å². The molecule has 0 spiro atoms. The molecule has 0 heterocycles. The SMILES string of the molecule is OC[SiH2]O[SiH2]O[SiH2]O[SiH2]O[SiH3]. The summed E-state index contributed by atoms with van der Waals surface area (Å²) in [6.07, 6.45) is 0.206. The van der Waals surface area contributed by atoms with Crippen LogP contribution in [0.5, 0.6) is 0 Å². The Balaban J connectivity index is 2.69. The highest BCUT2D eigenvalue weighted by Crippen LogP contribution is 1.72. The van der Waals surface area contributed by atoms with Crippen LogP contribution in [0.2, 0.25) is 0 Å². The first kappa shape index (κ1) is 11.9. The van der Waals surface area contributed by atoms with Crippen LogP contribution in [0.1, 0.15) is 0 Å². The van der Waals surface area contributed by atoms with Crippen LogP contribution in [0, 0.1) is 0 Å².